The fourth-order valence-corrected chi connectivity index (χ4v) is 4.01. The zero-order valence-corrected chi connectivity index (χ0v) is 16.4. The second-order valence-corrected chi connectivity index (χ2v) is 7.50. The number of nitrogens with one attached hydrogen (secondary N) is 2. The average molecular weight is 403 g/mol. The van der Waals surface area contributed by atoms with Crippen LogP contribution in [0.5, 0.6) is 0 Å². The van der Waals surface area contributed by atoms with Gasteiger partial charge in [-0.1, -0.05) is 11.3 Å². The molecule has 25 heavy (non-hydrogen) atoms. The molecule has 138 valence electrons. The van der Waals surface area contributed by atoms with Crippen LogP contribution in [0, 0.1) is 5.92 Å². The molecule has 4 rings (SSSR count). The maximum atomic E-state index is 12.0. The first-order valence-corrected chi connectivity index (χ1v) is 9.26. The SMILES string of the molecule is Cl.Cl.O=C(CNCC1CC1)Nc1ccc2nc(N3CCCC3)sc2c1. The quantitative estimate of drug-likeness (QED) is 0.773. The summed E-state index contributed by atoms with van der Waals surface area (Å²) in [6, 6.07) is 5.97. The van der Waals surface area contributed by atoms with Crippen molar-refractivity contribution in [2.24, 2.45) is 5.92 Å². The number of fused-ring (bicyclic) bond motifs is 1. The van der Waals surface area contributed by atoms with Gasteiger partial charge in [-0.3, -0.25) is 4.79 Å². The smallest absolute Gasteiger partial charge is 0.238 e. The van der Waals surface area contributed by atoms with E-state index >= 15 is 0 Å². The van der Waals surface area contributed by atoms with E-state index in [1.165, 1.54) is 25.7 Å². The molecule has 1 saturated carbocycles. The van der Waals surface area contributed by atoms with Crippen LogP contribution in [-0.2, 0) is 4.79 Å². The molecule has 0 spiro atoms. The Morgan fingerprint density at radius 2 is 2.00 bits per heavy atom. The van der Waals surface area contributed by atoms with Gasteiger partial charge in [-0.15, -0.1) is 24.8 Å². The number of amides is 1. The second kappa shape index (κ2) is 9.03. The van der Waals surface area contributed by atoms with Crippen molar-refractivity contribution in [3.05, 3.63) is 18.2 Å². The average Bonchev–Trinajstić information content (AvgIpc) is 3.04. The minimum atomic E-state index is 0. The summed E-state index contributed by atoms with van der Waals surface area (Å²) < 4.78 is 1.13. The summed E-state index contributed by atoms with van der Waals surface area (Å²) in [5, 5.41) is 7.29. The van der Waals surface area contributed by atoms with Crippen LogP contribution in [0.25, 0.3) is 10.2 Å². The van der Waals surface area contributed by atoms with Crippen molar-refractivity contribution in [2.75, 3.05) is 36.4 Å². The highest BCUT2D eigenvalue weighted by molar-refractivity contribution is 7.22. The minimum absolute atomic E-state index is 0. The van der Waals surface area contributed by atoms with Gasteiger partial charge < -0.3 is 15.5 Å². The topological polar surface area (TPSA) is 57.3 Å². The van der Waals surface area contributed by atoms with E-state index in [2.05, 4.69) is 15.5 Å². The molecule has 1 saturated heterocycles. The molecule has 2 aliphatic rings. The standard InChI is InChI=1S/C17H22N4OS.2ClH/c22-16(11-18-10-12-3-4-12)19-13-5-6-14-15(9-13)23-17(20-14)21-7-1-2-8-21;;/h5-6,9,12,18H,1-4,7-8,10-11H2,(H,19,22);2*1H. The lowest BCUT2D eigenvalue weighted by Gasteiger charge is -2.11. The molecular weight excluding hydrogens is 379 g/mol. The van der Waals surface area contributed by atoms with Gasteiger partial charge in [0.25, 0.3) is 0 Å². The van der Waals surface area contributed by atoms with Gasteiger partial charge in [0.05, 0.1) is 16.8 Å². The molecule has 0 bridgehead atoms. The molecule has 8 heteroatoms. The molecule has 0 radical (unpaired) electrons. The Labute approximate surface area is 164 Å². The summed E-state index contributed by atoms with van der Waals surface area (Å²) in [7, 11) is 0. The Bertz CT molecular complexity index is 714. The number of aromatic nitrogens is 1. The third-order valence-electron chi connectivity index (χ3n) is 4.45. The van der Waals surface area contributed by atoms with Gasteiger partial charge >= 0.3 is 0 Å². The maximum absolute atomic E-state index is 12.0. The number of halogens is 2. The lowest BCUT2D eigenvalue weighted by atomic mass is 10.3. The number of carbonyl (C=O) groups is 1. The van der Waals surface area contributed by atoms with Crippen LogP contribution in [0.4, 0.5) is 10.8 Å². The lowest BCUT2D eigenvalue weighted by molar-refractivity contribution is -0.115. The molecule has 0 unspecified atom stereocenters. The Morgan fingerprint density at radius 1 is 1.24 bits per heavy atom. The van der Waals surface area contributed by atoms with Crippen LogP contribution in [0.3, 0.4) is 0 Å². The van der Waals surface area contributed by atoms with Crippen molar-refractivity contribution >= 4 is 63.1 Å². The molecule has 0 atom stereocenters. The highest BCUT2D eigenvalue weighted by Crippen LogP contribution is 2.32. The van der Waals surface area contributed by atoms with E-state index in [-0.39, 0.29) is 30.7 Å². The number of benzene rings is 1. The fourth-order valence-electron chi connectivity index (χ4n) is 2.95. The largest absolute Gasteiger partial charge is 0.348 e. The Kier molecular flexibility index (Phi) is 7.31. The van der Waals surface area contributed by atoms with Crippen LogP contribution in [0.1, 0.15) is 25.7 Å². The zero-order valence-electron chi connectivity index (χ0n) is 14.0. The molecule has 1 amide bonds. The molecular formula is C17H24Cl2N4OS. The van der Waals surface area contributed by atoms with Gasteiger partial charge in [0.1, 0.15) is 0 Å². The summed E-state index contributed by atoms with van der Waals surface area (Å²) in [4.78, 5) is 19.0. The first-order chi connectivity index (χ1) is 11.3. The third-order valence-corrected chi connectivity index (χ3v) is 5.53. The van der Waals surface area contributed by atoms with E-state index in [1.54, 1.807) is 11.3 Å². The van der Waals surface area contributed by atoms with Crippen LogP contribution in [-0.4, -0.2) is 37.1 Å². The Balaban J connectivity index is 0.00000113. The number of hydrogen-bond donors (Lipinski definition) is 2. The van der Waals surface area contributed by atoms with E-state index in [0.717, 1.165) is 46.6 Å². The maximum Gasteiger partial charge on any atom is 0.238 e. The predicted octanol–water partition coefficient (Wildman–Crippen LogP) is 3.68. The van der Waals surface area contributed by atoms with Crippen LogP contribution in [0.2, 0.25) is 0 Å². The molecule has 1 aromatic heterocycles. The Morgan fingerprint density at radius 3 is 2.72 bits per heavy atom. The fraction of sp³-hybridized carbons (Fsp3) is 0.529. The van der Waals surface area contributed by atoms with Crippen LogP contribution < -0.4 is 15.5 Å². The third kappa shape index (κ3) is 5.20. The monoisotopic (exact) mass is 402 g/mol. The first kappa shape index (κ1) is 20.2. The minimum Gasteiger partial charge on any atom is -0.348 e. The van der Waals surface area contributed by atoms with E-state index in [0.29, 0.717) is 6.54 Å². The molecule has 2 heterocycles. The van der Waals surface area contributed by atoms with E-state index in [4.69, 9.17) is 4.98 Å². The van der Waals surface area contributed by atoms with E-state index in [9.17, 15) is 4.79 Å². The van der Waals surface area contributed by atoms with E-state index < -0.39 is 0 Å². The molecule has 2 fully saturated rings. The van der Waals surface area contributed by atoms with Gasteiger partial charge in [0.15, 0.2) is 5.13 Å². The highest BCUT2D eigenvalue weighted by atomic mass is 35.5. The van der Waals surface area contributed by atoms with Crippen molar-refractivity contribution in [3.63, 3.8) is 0 Å². The van der Waals surface area contributed by atoms with Gasteiger partial charge in [0, 0.05) is 18.8 Å². The van der Waals surface area contributed by atoms with Crippen molar-refractivity contribution < 1.29 is 4.79 Å². The van der Waals surface area contributed by atoms with Crippen LogP contribution in [0.15, 0.2) is 18.2 Å². The molecule has 1 aliphatic heterocycles. The normalized spacial score (nSPS) is 16.4. The van der Waals surface area contributed by atoms with Gasteiger partial charge in [-0.2, -0.15) is 0 Å². The summed E-state index contributed by atoms with van der Waals surface area (Å²) in [5.41, 5.74) is 1.87. The molecule has 5 nitrogen and oxygen atoms in total. The highest BCUT2D eigenvalue weighted by Gasteiger charge is 2.20. The molecule has 2 aromatic rings. The number of anilines is 2. The number of carbonyl (C=O) groups excluding carboxylic acids is 1. The summed E-state index contributed by atoms with van der Waals surface area (Å²) >= 11 is 1.71. The van der Waals surface area contributed by atoms with Gasteiger partial charge in [-0.05, 0) is 56.3 Å². The van der Waals surface area contributed by atoms with Gasteiger partial charge in [-0.25, -0.2) is 4.98 Å². The van der Waals surface area contributed by atoms with Crippen molar-refractivity contribution in [3.8, 4) is 0 Å². The summed E-state index contributed by atoms with van der Waals surface area (Å²) in [6.07, 6.45) is 5.11. The van der Waals surface area contributed by atoms with Crippen molar-refractivity contribution in [1.29, 1.82) is 0 Å². The van der Waals surface area contributed by atoms with Gasteiger partial charge in [0.2, 0.25) is 5.91 Å². The number of hydrogen-bond acceptors (Lipinski definition) is 5. The summed E-state index contributed by atoms with van der Waals surface area (Å²) in [5.74, 6) is 0.814. The second-order valence-electron chi connectivity index (χ2n) is 6.50. The zero-order chi connectivity index (χ0) is 15.6. The summed E-state index contributed by atoms with van der Waals surface area (Å²) in [6.45, 7) is 3.56. The molecule has 1 aromatic carbocycles. The van der Waals surface area contributed by atoms with Crippen molar-refractivity contribution in [2.45, 2.75) is 25.7 Å². The van der Waals surface area contributed by atoms with Crippen LogP contribution >= 0.6 is 36.2 Å². The molecule has 2 N–H and O–H groups in total. The number of rotatable bonds is 6. The first-order valence-electron chi connectivity index (χ1n) is 8.44. The Hall–Kier alpha value is -1.08. The molecule has 1 aliphatic carbocycles. The van der Waals surface area contributed by atoms with Crippen molar-refractivity contribution in [1.82, 2.24) is 10.3 Å². The van der Waals surface area contributed by atoms with E-state index in [1.807, 2.05) is 18.2 Å². The lowest BCUT2D eigenvalue weighted by Crippen LogP contribution is -2.29. The number of nitrogens with zero attached hydrogens (tertiary/aromatic N) is 2. The predicted molar refractivity (Wildman–Crippen MR) is 110 cm³/mol. The number of thiazole rings is 1.